The highest BCUT2D eigenvalue weighted by Gasteiger charge is 2.31. The van der Waals surface area contributed by atoms with Crippen molar-refractivity contribution in [2.24, 2.45) is 0 Å². The molecule has 0 spiro atoms. The minimum absolute atomic E-state index is 0.186. The molecule has 3 rings (SSSR count). The molecule has 3 aromatic rings. The molecule has 8 heteroatoms. The maximum absolute atomic E-state index is 12.3. The van der Waals surface area contributed by atoms with Gasteiger partial charge in [-0.25, -0.2) is 4.98 Å². The van der Waals surface area contributed by atoms with Crippen molar-refractivity contribution >= 4 is 17.4 Å². The van der Waals surface area contributed by atoms with Crippen molar-refractivity contribution in [3.63, 3.8) is 0 Å². The molecule has 2 aromatic carbocycles. The Labute approximate surface area is 159 Å². The summed E-state index contributed by atoms with van der Waals surface area (Å²) in [6.45, 7) is 0. The normalized spacial score (nSPS) is 11.0. The van der Waals surface area contributed by atoms with Crippen molar-refractivity contribution in [1.29, 1.82) is 0 Å². The van der Waals surface area contributed by atoms with Crippen LogP contribution >= 0.6 is 0 Å². The van der Waals surface area contributed by atoms with Crippen LogP contribution in [0.4, 0.5) is 24.7 Å². The fourth-order valence-electron chi connectivity index (χ4n) is 2.54. The summed E-state index contributed by atoms with van der Waals surface area (Å²) in [4.78, 5) is 16.0. The van der Waals surface area contributed by atoms with Gasteiger partial charge in [0.1, 0.15) is 11.6 Å². The first-order valence-electron chi connectivity index (χ1n) is 8.25. The van der Waals surface area contributed by atoms with E-state index in [2.05, 4.69) is 20.4 Å². The lowest BCUT2D eigenvalue weighted by molar-refractivity contribution is -0.274. The highest BCUT2D eigenvalue weighted by Crippen LogP contribution is 2.27. The largest absolute Gasteiger partial charge is 0.573 e. The third kappa shape index (κ3) is 5.00. The van der Waals surface area contributed by atoms with E-state index in [1.807, 2.05) is 6.07 Å². The second-order valence-corrected chi connectivity index (χ2v) is 5.79. The molecule has 1 amide bonds. The Kier molecular flexibility index (Phi) is 5.49. The molecule has 0 fully saturated rings. The van der Waals surface area contributed by atoms with Crippen molar-refractivity contribution in [2.75, 3.05) is 12.4 Å². The van der Waals surface area contributed by atoms with Crippen LogP contribution in [0.5, 0.6) is 5.75 Å². The highest BCUT2D eigenvalue weighted by atomic mass is 19.4. The lowest BCUT2D eigenvalue weighted by Gasteiger charge is -2.11. The average molecular weight is 387 g/mol. The topological polar surface area (TPSA) is 63.2 Å². The standard InChI is InChI=1S/C20H16F3N3O2/c1-24-19(27)14-5-2-4-13(10-14)15-8-9-18(25-12-15)26-16-6-3-7-17(11-16)28-20(21,22)23/h2-12H,1H3,(H,24,27)(H,25,26). The van der Waals surface area contributed by atoms with Crippen molar-refractivity contribution in [2.45, 2.75) is 6.36 Å². The highest BCUT2D eigenvalue weighted by molar-refractivity contribution is 5.95. The molecule has 0 saturated heterocycles. The second-order valence-electron chi connectivity index (χ2n) is 5.79. The molecule has 0 bridgehead atoms. The van der Waals surface area contributed by atoms with Gasteiger partial charge in [-0.05, 0) is 42.0 Å². The van der Waals surface area contributed by atoms with Gasteiger partial charge in [0.15, 0.2) is 0 Å². The Morgan fingerprint density at radius 3 is 2.46 bits per heavy atom. The number of halogens is 3. The van der Waals surface area contributed by atoms with Gasteiger partial charge in [0.05, 0.1) is 0 Å². The summed E-state index contributed by atoms with van der Waals surface area (Å²) < 4.78 is 40.9. The Morgan fingerprint density at radius 2 is 1.79 bits per heavy atom. The molecule has 144 valence electrons. The molecule has 0 aliphatic rings. The van der Waals surface area contributed by atoms with Gasteiger partial charge in [-0.1, -0.05) is 18.2 Å². The van der Waals surface area contributed by atoms with Crippen LogP contribution in [-0.2, 0) is 0 Å². The zero-order chi connectivity index (χ0) is 20.1. The van der Waals surface area contributed by atoms with Crippen molar-refractivity contribution in [1.82, 2.24) is 10.3 Å². The maximum atomic E-state index is 12.3. The third-order valence-corrected chi connectivity index (χ3v) is 3.79. The second kappa shape index (κ2) is 7.99. The molecular formula is C20H16F3N3O2. The van der Waals surface area contributed by atoms with E-state index in [0.717, 1.165) is 11.1 Å². The van der Waals surface area contributed by atoms with E-state index < -0.39 is 6.36 Å². The van der Waals surface area contributed by atoms with E-state index in [1.54, 1.807) is 49.6 Å². The smallest absolute Gasteiger partial charge is 0.406 e. The van der Waals surface area contributed by atoms with Crippen LogP contribution in [0.2, 0.25) is 0 Å². The van der Waals surface area contributed by atoms with E-state index in [0.29, 0.717) is 17.1 Å². The molecule has 0 saturated carbocycles. The van der Waals surface area contributed by atoms with Gasteiger partial charge in [0.2, 0.25) is 0 Å². The van der Waals surface area contributed by atoms with E-state index >= 15 is 0 Å². The van der Waals surface area contributed by atoms with E-state index in [1.165, 1.54) is 18.2 Å². The summed E-state index contributed by atoms with van der Waals surface area (Å²) in [5, 5.41) is 5.49. The molecule has 1 aromatic heterocycles. The summed E-state index contributed by atoms with van der Waals surface area (Å²) >= 11 is 0. The number of nitrogens with one attached hydrogen (secondary N) is 2. The number of carbonyl (C=O) groups is 1. The number of hydrogen-bond acceptors (Lipinski definition) is 4. The molecule has 0 unspecified atom stereocenters. The lowest BCUT2D eigenvalue weighted by atomic mass is 10.0. The Morgan fingerprint density at radius 1 is 1.00 bits per heavy atom. The minimum Gasteiger partial charge on any atom is -0.406 e. The number of ether oxygens (including phenoxy) is 1. The lowest BCUT2D eigenvalue weighted by Crippen LogP contribution is -2.17. The minimum atomic E-state index is -4.75. The Hall–Kier alpha value is -3.55. The number of nitrogens with zero attached hydrogens (tertiary/aromatic N) is 1. The molecule has 1 heterocycles. The fraction of sp³-hybridized carbons (Fsp3) is 0.100. The number of pyridine rings is 1. The third-order valence-electron chi connectivity index (χ3n) is 3.79. The van der Waals surface area contributed by atoms with Gasteiger partial charge in [-0.3, -0.25) is 4.79 Å². The molecule has 2 N–H and O–H groups in total. The predicted octanol–water partition coefficient (Wildman–Crippen LogP) is 4.75. The summed E-state index contributed by atoms with van der Waals surface area (Å²) in [6.07, 6.45) is -3.14. The SMILES string of the molecule is CNC(=O)c1cccc(-c2ccc(Nc3cccc(OC(F)(F)F)c3)nc2)c1. The average Bonchev–Trinajstić information content (AvgIpc) is 2.67. The van der Waals surface area contributed by atoms with E-state index in [9.17, 15) is 18.0 Å². The van der Waals surface area contributed by atoms with Crippen molar-refractivity contribution in [3.05, 3.63) is 72.4 Å². The predicted molar refractivity (Wildman–Crippen MR) is 99.5 cm³/mol. The van der Waals surface area contributed by atoms with Gasteiger partial charge in [-0.15, -0.1) is 13.2 Å². The van der Waals surface area contributed by atoms with Crippen LogP contribution in [0.1, 0.15) is 10.4 Å². The van der Waals surface area contributed by atoms with Crippen molar-refractivity contribution in [3.8, 4) is 16.9 Å². The van der Waals surface area contributed by atoms with Gasteiger partial charge < -0.3 is 15.4 Å². The maximum Gasteiger partial charge on any atom is 0.573 e. The van der Waals surface area contributed by atoms with Gasteiger partial charge in [0.25, 0.3) is 5.91 Å². The quantitative estimate of drug-likeness (QED) is 0.663. The van der Waals surface area contributed by atoms with Gasteiger partial charge >= 0.3 is 6.36 Å². The monoisotopic (exact) mass is 387 g/mol. The molecule has 0 aliphatic carbocycles. The van der Waals surface area contributed by atoms with E-state index in [4.69, 9.17) is 0 Å². The van der Waals surface area contributed by atoms with Crippen LogP contribution < -0.4 is 15.4 Å². The number of anilines is 2. The van der Waals surface area contributed by atoms with Crippen LogP contribution in [0.25, 0.3) is 11.1 Å². The number of benzene rings is 2. The zero-order valence-corrected chi connectivity index (χ0v) is 14.7. The number of aromatic nitrogens is 1. The first-order valence-corrected chi connectivity index (χ1v) is 8.25. The molecule has 5 nitrogen and oxygen atoms in total. The molecule has 28 heavy (non-hydrogen) atoms. The number of hydrogen-bond donors (Lipinski definition) is 2. The number of rotatable bonds is 5. The molecular weight excluding hydrogens is 371 g/mol. The van der Waals surface area contributed by atoms with Crippen LogP contribution in [0.3, 0.4) is 0 Å². The molecule has 0 radical (unpaired) electrons. The van der Waals surface area contributed by atoms with Crippen LogP contribution in [0.15, 0.2) is 66.9 Å². The number of amides is 1. The fourth-order valence-corrected chi connectivity index (χ4v) is 2.54. The summed E-state index contributed by atoms with van der Waals surface area (Å²) in [7, 11) is 1.56. The number of alkyl halides is 3. The van der Waals surface area contributed by atoms with Gasteiger partial charge in [0, 0.05) is 36.1 Å². The first-order chi connectivity index (χ1) is 13.3. The van der Waals surface area contributed by atoms with Gasteiger partial charge in [-0.2, -0.15) is 0 Å². The van der Waals surface area contributed by atoms with Crippen molar-refractivity contribution < 1.29 is 22.7 Å². The molecule has 0 aliphatic heterocycles. The van der Waals surface area contributed by atoms with Crippen LogP contribution in [0, 0.1) is 0 Å². The number of carbonyl (C=O) groups excluding carboxylic acids is 1. The zero-order valence-electron chi connectivity index (χ0n) is 14.7. The molecule has 0 atom stereocenters. The summed E-state index contributed by atoms with van der Waals surface area (Å²) in [5.74, 6) is -0.0513. The first kappa shape index (κ1) is 19.2. The van der Waals surface area contributed by atoms with E-state index in [-0.39, 0.29) is 11.7 Å². The Balaban J connectivity index is 1.75. The van der Waals surface area contributed by atoms with Crippen LogP contribution in [-0.4, -0.2) is 24.3 Å². The Bertz CT molecular complexity index is 973. The summed E-state index contributed by atoms with van der Waals surface area (Å²) in [5.41, 5.74) is 2.55. The summed E-state index contributed by atoms with van der Waals surface area (Å²) in [6, 6.07) is 16.1.